The molecule has 7 heteroatoms. The first-order chi connectivity index (χ1) is 12.2. The van der Waals surface area contributed by atoms with Crippen LogP contribution in [0.25, 0.3) is 0 Å². The summed E-state index contributed by atoms with van der Waals surface area (Å²) in [6.45, 7) is 2.61. The lowest BCUT2D eigenvalue weighted by atomic mass is 9.72. The molecule has 7 nitrogen and oxygen atoms in total. The molecule has 2 aliphatic rings. The van der Waals surface area contributed by atoms with Crippen LogP contribution >= 0.6 is 0 Å². The third kappa shape index (κ3) is 2.87. The third-order valence-electron chi connectivity index (χ3n) is 5.47. The highest BCUT2D eigenvalue weighted by molar-refractivity contribution is 5.45. The van der Waals surface area contributed by atoms with Gasteiger partial charge in [-0.05, 0) is 37.1 Å². The van der Waals surface area contributed by atoms with Gasteiger partial charge in [-0.1, -0.05) is 29.4 Å². The lowest BCUT2D eigenvalue weighted by Crippen LogP contribution is -2.47. The van der Waals surface area contributed by atoms with Crippen molar-refractivity contribution >= 4 is 0 Å². The summed E-state index contributed by atoms with van der Waals surface area (Å²) in [6.07, 6.45) is 1.43. The summed E-state index contributed by atoms with van der Waals surface area (Å²) in [7, 11) is 1.60. The predicted octanol–water partition coefficient (Wildman–Crippen LogP) is 1.04. The van der Waals surface area contributed by atoms with E-state index in [0.717, 1.165) is 25.9 Å². The Kier molecular flexibility index (Phi) is 4.56. The number of methoxy groups -OCH3 is 1. The van der Waals surface area contributed by atoms with Gasteiger partial charge in [-0.2, -0.15) is 4.98 Å². The minimum Gasteiger partial charge on any atom is -0.390 e. The number of aliphatic hydroxyl groups excluding tert-OH is 1. The second-order valence-electron chi connectivity index (χ2n) is 6.83. The summed E-state index contributed by atoms with van der Waals surface area (Å²) >= 11 is 0. The molecular formula is C18H24N4O3. The van der Waals surface area contributed by atoms with Crippen molar-refractivity contribution in [3.63, 3.8) is 0 Å². The molecule has 1 fully saturated rings. The van der Waals surface area contributed by atoms with Crippen molar-refractivity contribution < 1.29 is 14.4 Å². The Hall–Kier alpha value is -1.80. The van der Waals surface area contributed by atoms with Gasteiger partial charge in [0.2, 0.25) is 5.89 Å². The normalized spacial score (nSPS) is 24.6. The predicted molar refractivity (Wildman–Crippen MR) is 90.8 cm³/mol. The molecule has 1 aromatic heterocycles. The van der Waals surface area contributed by atoms with Gasteiger partial charge in [-0.25, -0.2) is 0 Å². The number of nitrogens with one attached hydrogen (secondary N) is 2. The summed E-state index contributed by atoms with van der Waals surface area (Å²) < 4.78 is 10.2. The fourth-order valence-corrected chi connectivity index (χ4v) is 4.28. The number of ether oxygens (including phenoxy) is 1. The van der Waals surface area contributed by atoms with Gasteiger partial charge in [0.15, 0.2) is 5.82 Å². The molecule has 2 atom stereocenters. The van der Waals surface area contributed by atoms with E-state index in [1.165, 1.54) is 11.1 Å². The molecule has 0 amide bonds. The van der Waals surface area contributed by atoms with Crippen LogP contribution in [0.3, 0.4) is 0 Å². The van der Waals surface area contributed by atoms with E-state index in [-0.39, 0.29) is 11.5 Å². The lowest BCUT2D eigenvalue weighted by molar-refractivity contribution is 0.0431. The van der Waals surface area contributed by atoms with Gasteiger partial charge in [0.05, 0.1) is 18.7 Å². The van der Waals surface area contributed by atoms with Crippen LogP contribution in [0.4, 0.5) is 0 Å². The molecule has 4 rings (SSSR count). The summed E-state index contributed by atoms with van der Waals surface area (Å²) in [5.41, 5.74) is 2.27. The Morgan fingerprint density at radius 2 is 2.16 bits per heavy atom. The fraction of sp³-hybridized carbons (Fsp3) is 0.556. The average Bonchev–Trinajstić information content (AvgIpc) is 3.18. The molecule has 0 saturated carbocycles. The zero-order chi connectivity index (χ0) is 17.3. The standard InChI is InChI=1S/C18H24N4O3/c1-24-11-14-21-15(25-22-14)10-20-16-12-4-2-3-5-13(12)18(17(16)23)6-8-19-9-7-18/h2-5,16-17,19-20,23H,6-11H2,1H3/t16-,17+/m0/s1. The maximum absolute atomic E-state index is 11.2. The van der Waals surface area contributed by atoms with E-state index >= 15 is 0 Å². The number of benzene rings is 1. The number of piperidine rings is 1. The number of aromatic nitrogens is 2. The van der Waals surface area contributed by atoms with E-state index < -0.39 is 6.10 Å². The van der Waals surface area contributed by atoms with Gasteiger partial charge >= 0.3 is 0 Å². The second kappa shape index (κ2) is 6.84. The summed E-state index contributed by atoms with van der Waals surface area (Å²) in [6, 6.07) is 8.23. The van der Waals surface area contributed by atoms with Crippen LogP contribution in [0.15, 0.2) is 28.8 Å². The van der Waals surface area contributed by atoms with Gasteiger partial charge in [-0.3, -0.25) is 5.32 Å². The number of nitrogens with zero attached hydrogens (tertiary/aromatic N) is 2. The van der Waals surface area contributed by atoms with E-state index in [1.807, 2.05) is 6.07 Å². The topological polar surface area (TPSA) is 92.4 Å². The second-order valence-corrected chi connectivity index (χ2v) is 6.83. The lowest BCUT2D eigenvalue weighted by Gasteiger charge is -2.39. The van der Waals surface area contributed by atoms with E-state index in [0.29, 0.717) is 24.9 Å². The largest absolute Gasteiger partial charge is 0.390 e. The highest BCUT2D eigenvalue weighted by atomic mass is 16.5. The molecule has 1 spiro atoms. The van der Waals surface area contributed by atoms with Gasteiger partial charge in [0.25, 0.3) is 0 Å². The minimum absolute atomic E-state index is 0.132. The maximum atomic E-state index is 11.2. The van der Waals surface area contributed by atoms with Crippen LogP contribution in [0.2, 0.25) is 0 Å². The summed E-state index contributed by atoms with van der Waals surface area (Å²) in [4.78, 5) is 4.29. The van der Waals surface area contributed by atoms with Gasteiger partial charge in [-0.15, -0.1) is 0 Å². The molecule has 0 bridgehead atoms. The maximum Gasteiger partial charge on any atom is 0.240 e. The molecule has 0 unspecified atom stereocenters. The zero-order valence-electron chi connectivity index (χ0n) is 14.4. The van der Waals surface area contributed by atoms with Gasteiger partial charge < -0.3 is 19.7 Å². The van der Waals surface area contributed by atoms with Crippen LogP contribution in [0.1, 0.15) is 41.7 Å². The number of hydrogen-bond acceptors (Lipinski definition) is 7. The van der Waals surface area contributed by atoms with Crippen molar-refractivity contribution in [2.75, 3.05) is 20.2 Å². The first-order valence-corrected chi connectivity index (χ1v) is 8.76. The number of hydrogen-bond donors (Lipinski definition) is 3. The Morgan fingerprint density at radius 1 is 1.36 bits per heavy atom. The molecule has 3 N–H and O–H groups in total. The third-order valence-corrected chi connectivity index (χ3v) is 5.47. The highest BCUT2D eigenvalue weighted by Gasteiger charge is 2.51. The SMILES string of the molecule is COCc1noc(CN[C@H]2c3ccccc3C3(CCNCC3)[C@@H]2O)n1. The molecule has 2 aromatic rings. The summed E-state index contributed by atoms with van der Waals surface area (Å²) in [5.74, 6) is 1.03. The van der Waals surface area contributed by atoms with E-state index in [4.69, 9.17) is 9.26 Å². The molecule has 1 aromatic carbocycles. The Labute approximate surface area is 146 Å². The number of rotatable bonds is 5. The molecule has 1 saturated heterocycles. The number of aliphatic hydroxyl groups is 1. The molecule has 0 radical (unpaired) electrons. The van der Waals surface area contributed by atoms with Gasteiger partial charge in [0.1, 0.15) is 6.61 Å². The van der Waals surface area contributed by atoms with Crippen LogP contribution < -0.4 is 10.6 Å². The zero-order valence-corrected chi connectivity index (χ0v) is 14.4. The van der Waals surface area contributed by atoms with Crippen molar-refractivity contribution in [3.8, 4) is 0 Å². The summed E-state index contributed by atoms with van der Waals surface area (Å²) in [5, 5.41) is 21.9. The highest BCUT2D eigenvalue weighted by Crippen LogP contribution is 2.50. The van der Waals surface area contributed by atoms with Gasteiger partial charge in [0, 0.05) is 12.5 Å². The molecule has 2 heterocycles. The van der Waals surface area contributed by atoms with Crippen molar-refractivity contribution in [2.45, 2.75) is 43.6 Å². The Balaban J connectivity index is 1.55. The van der Waals surface area contributed by atoms with Crippen LogP contribution in [0.5, 0.6) is 0 Å². The number of fused-ring (bicyclic) bond motifs is 2. The molecular weight excluding hydrogens is 320 g/mol. The van der Waals surface area contributed by atoms with Crippen LogP contribution in [-0.2, 0) is 23.3 Å². The first-order valence-electron chi connectivity index (χ1n) is 8.76. The van der Waals surface area contributed by atoms with Crippen molar-refractivity contribution in [1.82, 2.24) is 20.8 Å². The molecule has 1 aliphatic heterocycles. The van der Waals surface area contributed by atoms with Crippen molar-refractivity contribution in [3.05, 3.63) is 47.1 Å². The monoisotopic (exact) mass is 344 g/mol. The Bertz CT molecular complexity index is 727. The fourth-order valence-electron chi connectivity index (χ4n) is 4.28. The molecule has 1 aliphatic carbocycles. The van der Waals surface area contributed by atoms with E-state index in [2.05, 4.69) is 39.0 Å². The minimum atomic E-state index is -0.464. The molecule has 134 valence electrons. The quantitative estimate of drug-likeness (QED) is 0.746. The molecule has 25 heavy (non-hydrogen) atoms. The Morgan fingerprint density at radius 3 is 2.96 bits per heavy atom. The van der Waals surface area contributed by atoms with Crippen molar-refractivity contribution in [1.29, 1.82) is 0 Å². The smallest absolute Gasteiger partial charge is 0.240 e. The van der Waals surface area contributed by atoms with Crippen LogP contribution in [0, 0.1) is 0 Å². The average molecular weight is 344 g/mol. The first kappa shape index (κ1) is 16.7. The van der Waals surface area contributed by atoms with E-state index in [9.17, 15) is 5.11 Å². The van der Waals surface area contributed by atoms with Crippen molar-refractivity contribution in [2.24, 2.45) is 0 Å². The van der Waals surface area contributed by atoms with E-state index in [1.54, 1.807) is 7.11 Å². The van der Waals surface area contributed by atoms with Crippen LogP contribution in [-0.4, -0.2) is 41.6 Å².